The number of alkyl halides is 3. The van der Waals surface area contributed by atoms with Gasteiger partial charge in [-0.25, -0.2) is 4.79 Å². The molecule has 1 fully saturated rings. The number of nitrogens with zero attached hydrogens (tertiary/aromatic N) is 2. The van der Waals surface area contributed by atoms with Gasteiger partial charge in [0, 0.05) is 31.9 Å². The number of carboxylic acid groups (broad SMARTS) is 1. The van der Waals surface area contributed by atoms with Crippen LogP contribution >= 0.6 is 24.8 Å². The van der Waals surface area contributed by atoms with Crippen molar-refractivity contribution >= 4 is 36.5 Å². The van der Waals surface area contributed by atoms with E-state index < -0.39 is 18.7 Å². The van der Waals surface area contributed by atoms with Crippen LogP contribution in [0.15, 0.2) is 24.3 Å². The number of hydrogen-bond donors (Lipinski definition) is 1. The third-order valence-corrected chi connectivity index (χ3v) is 3.25. The lowest BCUT2D eigenvalue weighted by molar-refractivity contribution is -0.146. The van der Waals surface area contributed by atoms with Gasteiger partial charge in [-0.05, 0) is 24.3 Å². The molecule has 0 unspecified atom stereocenters. The Morgan fingerprint density at radius 1 is 1.05 bits per heavy atom. The number of anilines is 1. The fraction of sp³-hybridized carbons (Fsp3) is 0.462. The molecule has 1 saturated heterocycles. The van der Waals surface area contributed by atoms with Crippen LogP contribution in [0, 0.1) is 0 Å². The molecule has 126 valence electrons. The van der Waals surface area contributed by atoms with Crippen LogP contribution < -0.4 is 4.90 Å². The summed E-state index contributed by atoms with van der Waals surface area (Å²) in [6.45, 7) is 0.824. The number of carbonyl (C=O) groups is 1. The molecule has 0 spiro atoms. The van der Waals surface area contributed by atoms with Gasteiger partial charge in [-0.3, -0.25) is 4.90 Å². The van der Waals surface area contributed by atoms with E-state index in [1.807, 2.05) is 4.90 Å². The molecule has 1 heterocycles. The van der Waals surface area contributed by atoms with E-state index in [0.29, 0.717) is 26.2 Å². The van der Waals surface area contributed by atoms with Gasteiger partial charge in [-0.2, -0.15) is 13.2 Å². The minimum atomic E-state index is -4.16. The Bertz CT molecular complexity index is 475. The molecule has 1 N–H and O–H groups in total. The predicted octanol–water partition coefficient (Wildman–Crippen LogP) is 2.91. The number of rotatable bonds is 3. The SMILES string of the molecule is Cl.Cl.O=C(O)c1ccc(N2CCN(CC(F)(F)F)CC2)cc1. The van der Waals surface area contributed by atoms with E-state index in [9.17, 15) is 18.0 Å². The van der Waals surface area contributed by atoms with Crippen molar-refractivity contribution in [1.82, 2.24) is 4.90 Å². The van der Waals surface area contributed by atoms with Crippen LogP contribution in [0.2, 0.25) is 0 Å². The molecule has 2 rings (SSSR count). The van der Waals surface area contributed by atoms with Gasteiger partial charge in [0.15, 0.2) is 0 Å². The molecule has 0 atom stereocenters. The number of halogens is 5. The second-order valence-electron chi connectivity index (χ2n) is 4.73. The van der Waals surface area contributed by atoms with Crippen molar-refractivity contribution in [1.29, 1.82) is 0 Å². The van der Waals surface area contributed by atoms with Crippen LogP contribution in [0.4, 0.5) is 18.9 Å². The Morgan fingerprint density at radius 3 is 1.95 bits per heavy atom. The minimum absolute atomic E-state index is 0. The van der Waals surface area contributed by atoms with Crippen LogP contribution in [0.5, 0.6) is 0 Å². The fourth-order valence-corrected chi connectivity index (χ4v) is 2.23. The number of aromatic carboxylic acids is 1. The van der Waals surface area contributed by atoms with Crippen LogP contribution in [0.25, 0.3) is 0 Å². The molecule has 4 nitrogen and oxygen atoms in total. The molecule has 1 aliphatic heterocycles. The van der Waals surface area contributed by atoms with Crippen molar-refractivity contribution < 1.29 is 23.1 Å². The molecule has 9 heteroatoms. The van der Waals surface area contributed by atoms with E-state index >= 15 is 0 Å². The van der Waals surface area contributed by atoms with Crippen LogP contribution in [0.1, 0.15) is 10.4 Å². The normalized spacial score (nSPS) is 15.7. The van der Waals surface area contributed by atoms with Crippen molar-refractivity contribution in [3.05, 3.63) is 29.8 Å². The zero-order valence-corrected chi connectivity index (χ0v) is 13.2. The summed E-state index contributed by atoms with van der Waals surface area (Å²) >= 11 is 0. The van der Waals surface area contributed by atoms with Crippen molar-refractivity contribution in [2.24, 2.45) is 0 Å². The zero-order chi connectivity index (χ0) is 14.8. The maximum absolute atomic E-state index is 12.3. The minimum Gasteiger partial charge on any atom is -0.478 e. The molecule has 22 heavy (non-hydrogen) atoms. The van der Waals surface area contributed by atoms with E-state index in [1.165, 1.54) is 17.0 Å². The molecule has 0 aromatic heterocycles. The molecule has 0 amide bonds. The maximum Gasteiger partial charge on any atom is 0.401 e. The van der Waals surface area contributed by atoms with E-state index in [1.54, 1.807) is 12.1 Å². The molecular weight excluding hydrogens is 344 g/mol. The molecule has 0 radical (unpaired) electrons. The zero-order valence-electron chi connectivity index (χ0n) is 11.5. The molecule has 1 aromatic rings. The van der Waals surface area contributed by atoms with Crippen molar-refractivity contribution in [2.75, 3.05) is 37.6 Å². The Labute approximate surface area is 138 Å². The topological polar surface area (TPSA) is 43.8 Å². The first kappa shape index (κ1) is 20.8. The van der Waals surface area contributed by atoms with Crippen LogP contribution in [-0.4, -0.2) is 54.9 Å². The number of benzene rings is 1. The number of piperazine rings is 1. The van der Waals surface area contributed by atoms with Crippen LogP contribution in [-0.2, 0) is 0 Å². The first-order valence-corrected chi connectivity index (χ1v) is 6.22. The summed E-state index contributed by atoms with van der Waals surface area (Å²) in [4.78, 5) is 14.1. The van der Waals surface area contributed by atoms with E-state index in [4.69, 9.17) is 5.11 Å². The summed E-state index contributed by atoms with van der Waals surface area (Å²) < 4.78 is 36.8. The van der Waals surface area contributed by atoms with Gasteiger partial charge in [-0.1, -0.05) is 0 Å². The largest absolute Gasteiger partial charge is 0.478 e. The lowest BCUT2D eigenvalue weighted by Crippen LogP contribution is -2.49. The highest BCUT2D eigenvalue weighted by atomic mass is 35.5. The smallest absolute Gasteiger partial charge is 0.401 e. The maximum atomic E-state index is 12.3. The molecule has 1 aliphatic rings. The Hall–Kier alpha value is -1.18. The van der Waals surface area contributed by atoms with Gasteiger partial charge in [0.1, 0.15) is 0 Å². The van der Waals surface area contributed by atoms with Crippen molar-refractivity contribution in [3.63, 3.8) is 0 Å². The summed E-state index contributed by atoms with van der Waals surface area (Å²) in [6.07, 6.45) is -4.16. The van der Waals surface area contributed by atoms with E-state index in [2.05, 4.69) is 0 Å². The van der Waals surface area contributed by atoms with E-state index in [0.717, 1.165) is 5.69 Å². The summed E-state index contributed by atoms with van der Waals surface area (Å²) in [6, 6.07) is 6.37. The van der Waals surface area contributed by atoms with E-state index in [-0.39, 0.29) is 30.4 Å². The lowest BCUT2D eigenvalue weighted by Gasteiger charge is -2.36. The fourth-order valence-electron chi connectivity index (χ4n) is 2.23. The standard InChI is InChI=1S/C13H15F3N2O2.2ClH/c14-13(15,16)9-17-5-7-18(8-6-17)11-3-1-10(2-4-11)12(19)20;;/h1-4H,5-9H2,(H,19,20);2*1H. The van der Waals surface area contributed by atoms with Crippen LogP contribution in [0.3, 0.4) is 0 Å². The van der Waals surface area contributed by atoms with Gasteiger partial charge in [0.05, 0.1) is 12.1 Å². The van der Waals surface area contributed by atoms with Gasteiger partial charge >= 0.3 is 12.1 Å². The predicted molar refractivity (Wildman–Crippen MR) is 82.6 cm³/mol. The van der Waals surface area contributed by atoms with Gasteiger partial charge in [0.2, 0.25) is 0 Å². The third-order valence-electron chi connectivity index (χ3n) is 3.25. The highest BCUT2D eigenvalue weighted by Gasteiger charge is 2.32. The van der Waals surface area contributed by atoms with Gasteiger partial charge in [-0.15, -0.1) is 24.8 Å². The highest BCUT2D eigenvalue weighted by molar-refractivity contribution is 5.88. The second kappa shape index (κ2) is 8.45. The van der Waals surface area contributed by atoms with Crippen molar-refractivity contribution in [3.8, 4) is 0 Å². The quantitative estimate of drug-likeness (QED) is 0.899. The van der Waals surface area contributed by atoms with Crippen molar-refractivity contribution in [2.45, 2.75) is 6.18 Å². The summed E-state index contributed by atoms with van der Waals surface area (Å²) in [5.74, 6) is -0.994. The molecule has 1 aromatic carbocycles. The Morgan fingerprint density at radius 2 is 1.55 bits per heavy atom. The number of hydrogen-bond acceptors (Lipinski definition) is 3. The Kier molecular flexibility index (Phi) is 8.00. The molecular formula is C13H17Cl2F3N2O2. The third kappa shape index (κ3) is 5.90. The summed E-state index contributed by atoms with van der Waals surface area (Å²) in [5.41, 5.74) is 1.03. The average Bonchev–Trinajstić information content (AvgIpc) is 2.38. The second-order valence-corrected chi connectivity index (χ2v) is 4.73. The molecule has 0 bridgehead atoms. The number of carboxylic acids is 1. The molecule has 0 saturated carbocycles. The first-order chi connectivity index (χ1) is 9.35. The summed E-state index contributed by atoms with van der Waals surface area (Å²) in [7, 11) is 0. The average molecular weight is 361 g/mol. The first-order valence-electron chi connectivity index (χ1n) is 6.22. The highest BCUT2D eigenvalue weighted by Crippen LogP contribution is 2.20. The Balaban J connectivity index is 0.00000220. The monoisotopic (exact) mass is 360 g/mol. The summed E-state index contributed by atoms with van der Waals surface area (Å²) in [5, 5.41) is 8.80. The lowest BCUT2D eigenvalue weighted by atomic mass is 10.2. The van der Waals surface area contributed by atoms with Gasteiger partial charge < -0.3 is 10.0 Å². The molecule has 0 aliphatic carbocycles. The van der Waals surface area contributed by atoms with Gasteiger partial charge in [0.25, 0.3) is 0 Å².